The van der Waals surface area contributed by atoms with E-state index in [1.807, 2.05) is 19.2 Å². The van der Waals surface area contributed by atoms with Crippen molar-refractivity contribution in [1.82, 2.24) is 14.6 Å². The molecule has 1 fully saturated rings. The summed E-state index contributed by atoms with van der Waals surface area (Å²) in [6, 6.07) is 6.15. The monoisotopic (exact) mass is 437 g/mol. The summed E-state index contributed by atoms with van der Waals surface area (Å²) in [5, 5.41) is 5.77. The van der Waals surface area contributed by atoms with Crippen LogP contribution in [0.2, 0.25) is 0 Å². The molecule has 1 aliphatic heterocycles. The molecule has 1 amide bonds. The van der Waals surface area contributed by atoms with E-state index in [4.69, 9.17) is 4.74 Å². The number of thiazole rings is 1. The first-order valence-corrected chi connectivity index (χ1v) is 12.0. The molecule has 3 rings (SSSR count). The van der Waals surface area contributed by atoms with Gasteiger partial charge in [-0.25, -0.2) is 13.4 Å². The first-order chi connectivity index (χ1) is 13.7. The van der Waals surface area contributed by atoms with Crippen molar-refractivity contribution in [3.05, 3.63) is 45.9 Å². The van der Waals surface area contributed by atoms with Gasteiger partial charge in [-0.05, 0) is 32.0 Å². The van der Waals surface area contributed by atoms with E-state index in [0.29, 0.717) is 31.1 Å². The molecule has 0 saturated carbocycles. The zero-order valence-electron chi connectivity index (χ0n) is 17.1. The highest BCUT2D eigenvalue weighted by atomic mass is 32.2. The van der Waals surface area contributed by atoms with Crippen molar-refractivity contribution < 1.29 is 17.9 Å². The van der Waals surface area contributed by atoms with Crippen LogP contribution in [0.4, 0.5) is 0 Å². The average Bonchev–Trinajstić information content (AvgIpc) is 3.15. The maximum atomic E-state index is 13.0. The Labute approximate surface area is 176 Å². The Morgan fingerprint density at radius 3 is 2.62 bits per heavy atom. The number of benzene rings is 1. The number of aromatic nitrogens is 1. The maximum absolute atomic E-state index is 13.0. The first-order valence-electron chi connectivity index (χ1n) is 9.65. The molecule has 0 radical (unpaired) electrons. The molecule has 0 bridgehead atoms. The van der Waals surface area contributed by atoms with Crippen LogP contribution in [0.25, 0.3) is 0 Å². The number of carbonyl (C=O) groups excluding carboxylic acids is 1. The summed E-state index contributed by atoms with van der Waals surface area (Å²) in [5.41, 5.74) is 1.10. The molecule has 7 nitrogen and oxygen atoms in total. The number of nitrogens with zero attached hydrogens (tertiary/aromatic N) is 2. The van der Waals surface area contributed by atoms with Crippen molar-refractivity contribution in [1.29, 1.82) is 0 Å². The number of amides is 1. The summed E-state index contributed by atoms with van der Waals surface area (Å²) in [7, 11) is -3.69. The van der Waals surface area contributed by atoms with Gasteiger partial charge in [-0.15, -0.1) is 11.3 Å². The molecule has 29 heavy (non-hydrogen) atoms. The second-order valence-electron chi connectivity index (χ2n) is 7.62. The van der Waals surface area contributed by atoms with Gasteiger partial charge in [-0.2, -0.15) is 4.31 Å². The van der Waals surface area contributed by atoms with Crippen LogP contribution in [0.15, 0.2) is 34.5 Å². The highest BCUT2D eigenvalue weighted by Gasteiger charge is 2.32. The largest absolute Gasteiger partial charge is 0.373 e. The van der Waals surface area contributed by atoms with E-state index in [0.717, 1.165) is 10.7 Å². The molecule has 1 aromatic heterocycles. The van der Waals surface area contributed by atoms with Crippen LogP contribution in [-0.2, 0) is 21.3 Å². The number of ether oxygens (including phenoxy) is 1. The van der Waals surface area contributed by atoms with E-state index in [2.05, 4.69) is 24.1 Å². The van der Waals surface area contributed by atoms with Crippen LogP contribution in [0.3, 0.4) is 0 Å². The SMILES string of the molecule is CC1CN(S(=O)(=O)c2cccc(C(=O)NCc3csc(C(C)C)n3)c2)CC(C)O1. The molecule has 1 aliphatic rings. The van der Waals surface area contributed by atoms with Crippen LogP contribution in [0.1, 0.15) is 54.7 Å². The van der Waals surface area contributed by atoms with Gasteiger partial charge in [-0.3, -0.25) is 4.79 Å². The molecule has 2 unspecified atom stereocenters. The van der Waals surface area contributed by atoms with Crippen LogP contribution in [0, 0.1) is 0 Å². The zero-order valence-corrected chi connectivity index (χ0v) is 18.7. The summed E-state index contributed by atoms with van der Waals surface area (Å²) in [6.07, 6.45) is -0.345. The van der Waals surface area contributed by atoms with Crippen LogP contribution in [0.5, 0.6) is 0 Å². The predicted molar refractivity (Wildman–Crippen MR) is 113 cm³/mol. The number of sulfonamides is 1. The third-order valence-electron chi connectivity index (χ3n) is 4.61. The van der Waals surface area contributed by atoms with Gasteiger partial charge in [0.25, 0.3) is 5.91 Å². The Hall–Kier alpha value is -1.81. The Morgan fingerprint density at radius 2 is 2.00 bits per heavy atom. The lowest BCUT2D eigenvalue weighted by Crippen LogP contribution is -2.48. The second kappa shape index (κ2) is 8.91. The number of nitrogens with one attached hydrogen (secondary N) is 1. The van der Waals surface area contributed by atoms with E-state index in [9.17, 15) is 13.2 Å². The van der Waals surface area contributed by atoms with Gasteiger partial charge >= 0.3 is 0 Å². The lowest BCUT2D eigenvalue weighted by Gasteiger charge is -2.34. The van der Waals surface area contributed by atoms with Crippen LogP contribution in [-0.4, -0.2) is 48.9 Å². The van der Waals surface area contributed by atoms with E-state index >= 15 is 0 Å². The van der Waals surface area contributed by atoms with Crippen molar-refractivity contribution >= 4 is 27.3 Å². The van der Waals surface area contributed by atoms with E-state index in [1.165, 1.54) is 16.4 Å². The third-order valence-corrected chi connectivity index (χ3v) is 7.64. The first kappa shape index (κ1) is 21.9. The standard InChI is InChI=1S/C20H27N3O4S2/c1-13(2)20-22-17(12-28-20)9-21-19(24)16-6-5-7-18(8-16)29(25,26)23-10-14(3)27-15(4)11-23/h5-8,12-15H,9-11H2,1-4H3,(H,21,24). The Balaban J connectivity index is 1.71. The fourth-order valence-corrected chi connectivity index (χ4v) is 5.69. The molecule has 1 saturated heterocycles. The molecular formula is C20H27N3O4S2. The zero-order chi connectivity index (χ0) is 21.2. The van der Waals surface area contributed by atoms with Crippen molar-refractivity contribution in [3.8, 4) is 0 Å². The van der Waals surface area contributed by atoms with Crippen LogP contribution < -0.4 is 5.32 Å². The number of carbonyl (C=O) groups is 1. The van der Waals surface area contributed by atoms with Crippen molar-refractivity contribution in [3.63, 3.8) is 0 Å². The van der Waals surface area contributed by atoms with E-state index < -0.39 is 10.0 Å². The molecule has 2 heterocycles. The van der Waals surface area contributed by atoms with Gasteiger partial charge in [0.1, 0.15) is 0 Å². The van der Waals surface area contributed by atoms with Gasteiger partial charge in [0.05, 0.1) is 34.3 Å². The summed E-state index contributed by atoms with van der Waals surface area (Å²) in [5.74, 6) is 0.0156. The van der Waals surface area contributed by atoms with Gasteiger partial charge in [0.15, 0.2) is 0 Å². The highest BCUT2D eigenvalue weighted by Crippen LogP contribution is 2.22. The molecule has 158 valence electrons. The molecule has 2 aromatic rings. The Kier molecular flexibility index (Phi) is 6.72. The molecule has 1 N–H and O–H groups in total. The number of hydrogen-bond donors (Lipinski definition) is 1. The maximum Gasteiger partial charge on any atom is 0.251 e. The van der Waals surface area contributed by atoms with Gasteiger partial charge in [0.2, 0.25) is 10.0 Å². The fraction of sp³-hybridized carbons (Fsp3) is 0.500. The van der Waals surface area contributed by atoms with E-state index in [-0.39, 0.29) is 23.0 Å². The van der Waals surface area contributed by atoms with E-state index in [1.54, 1.807) is 23.5 Å². The second-order valence-corrected chi connectivity index (χ2v) is 10.4. The van der Waals surface area contributed by atoms with Crippen molar-refractivity contribution in [2.75, 3.05) is 13.1 Å². The van der Waals surface area contributed by atoms with Gasteiger partial charge in [0, 0.05) is 30.0 Å². The highest BCUT2D eigenvalue weighted by molar-refractivity contribution is 7.89. The summed E-state index contributed by atoms with van der Waals surface area (Å²) < 4.78 is 33.1. The third kappa shape index (κ3) is 5.22. The van der Waals surface area contributed by atoms with Gasteiger partial charge in [-0.1, -0.05) is 19.9 Å². The summed E-state index contributed by atoms with van der Waals surface area (Å²) >= 11 is 1.57. The average molecular weight is 438 g/mol. The molecule has 9 heteroatoms. The minimum Gasteiger partial charge on any atom is -0.373 e. The smallest absolute Gasteiger partial charge is 0.251 e. The lowest BCUT2D eigenvalue weighted by atomic mass is 10.2. The number of morpholine rings is 1. The molecular weight excluding hydrogens is 410 g/mol. The number of hydrogen-bond acceptors (Lipinski definition) is 6. The van der Waals surface area contributed by atoms with Crippen molar-refractivity contribution in [2.24, 2.45) is 0 Å². The minimum atomic E-state index is -3.69. The fourth-order valence-electron chi connectivity index (χ4n) is 3.22. The molecule has 0 spiro atoms. The molecule has 2 atom stereocenters. The van der Waals surface area contributed by atoms with Gasteiger partial charge < -0.3 is 10.1 Å². The molecule has 1 aromatic carbocycles. The lowest BCUT2D eigenvalue weighted by molar-refractivity contribution is -0.0440. The quantitative estimate of drug-likeness (QED) is 0.751. The Morgan fingerprint density at radius 1 is 1.31 bits per heavy atom. The number of rotatable bonds is 6. The van der Waals surface area contributed by atoms with Crippen molar-refractivity contribution in [2.45, 2.75) is 57.3 Å². The van der Waals surface area contributed by atoms with Crippen LogP contribution >= 0.6 is 11.3 Å². The normalized spacial score (nSPS) is 20.7. The Bertz CT molecular complexity index is 962. The predicted octanol–water partition coefficient (Wildman–Crippen LogP) is 2.99. The minimum absolute atomic E-state index is 0.113. The topological polar surface area (TPSA) is 88.6 Å². The summed E-state index contributed by atoms with van der Waals surface area (Å²) in [4.78, 5) is 17.2. The molecule has 0 aliphatic carbocycles. The summed E-state index contributed by atoms with van der Waals surface area (Å²) in [6.45, 7) is 8.75.